The van der Waals surface area contributed by atoms with E-state index < -0.39 is 0 Å². The number of anilines is 3. The second kappa shape index (κ2) is 9.86. The predicted molar refractivity (Wildman–Crippen MR) is 187 cm³/mol. The summed E-state index contributed by atoms with van der Waals surface area (Å²) in [6, 6.07) is 61.3. The molecular formula is C42H28N2. The summed E-state index contributed by atoms with van der Waals surface area (Å²) in [4.78, 5) is 2.36. The van der Waals surface area contributed by atoms with Crippen molar-refractivity contribution in [2.45, 2.75) is 0 Å². The molecule has 0 saturated heterocycles. The summed E-state index contributed by atoms with van der Waals surface area (Å²) in [6.45, 7) is 0. The van der Waals surface area contributed by atoms with Gasteiger partial charge in [0.05, 0.1) is 22.2 Å². The van der Waals surface area contributed by atoms with E-state index >= 15 is 0 Å². The van der Waals surface area contributed by atoms with E-state index in [-0.39, 0.29) is 0 Å². The van der Waals surface area contributed by atoms with Gasteiger partial charge in [0.25, 0.3) is 0 Å². The molecule has 2 nitrogen and oxygen atoms in total. The van der Waals surface area contributed by atoms with Crippen molar-refractivity contribution in [2.75, 3.05) is 4.90 Å². The summed E-state index contributed by atoms with van der Waals surface area (Å²) in [6.07, 6.45) is 0. The first-order chi connectivity index (χ1) is 21.9. The molecule has 0 aliphatic carbocycles. The van der Waals surface area contributed by atoms with Crippen molar-refractivity contribution in [3.05, 3.63) is 170 Å². The molecule has 0 atom stereocenters. The van der Waals surface area contributed by atoms with Gasteiger partial charge in [-0.05, 0) is 59.2 Å². The fourth-order valence-corrected chi connectivity index (χ4v) is 7.05. The van der Waals surface area contributed by atoms with Gasteiger partial charge in [0.1, 0.15) is 0 Å². The molecule has 0 saturated carbocycles. The van der Waals surface area contributed by atoms with Gasteiger partial charge >= 0.3 is 0 Å². The Kier molecular flexibility index (Phi) is 5.54. The Morgan fingerprint density at radius 1 is 0.364 bits per heavy atom. The fourth-order valence-electron chi connectivity index (χ4n) is 7.05. The molecule has 2 aromatic heterocycles. The zero-order valence-corrected chi connectivity index (χ0v) is 24.1. The van der Waals surface area contributed by atoms with E-state index in [0.717, 1.165) is 17.1 Å². The van der Waals surface area contributed by atoms with Gasteiger partial charge in [-0.15, -0.1) is 0 Å². The molecule has 0 bridgehead atoms. The van der Waals surface area contributed by atoms with Crippen molar-refractivity contribution >= 4 is 55.2 Å². The number of fused-ring (bicyclic) bond motifs is 6. The highest BCUT2D eigenvalue weighted by atomic mass is 15.1. The average molecular weight is 561 g/mol. The molecule has 0 radical (unpaired) electrons. The largest absolute Gasteiger partial charge is 0.310 e. The molecule has 0 aliphatic heterocycles. The van der Waals surface area contributed by atoms with E-state index in [4.69, 9.17) is 0 Å². The molecule has 9 aromatic rings. The maximum absolute atomic E-state index is 2.46. The zero-order chi connectivity index (χ0) is 29.0. The number of hydrogen-bond acceptors (Lipinski definition) is 1. The summed E-state index contributed by atoms with van der Waals surface area (Å²) in [7, 11) is 0. The molecule has 206 valence electrons. The number of para-hydroxylation sites is 5. The molecule has 0 aliphatic rings. The van der Waals surface area contributed by atoms with Crippen LogP contribution in [0.1, 0.15) is 0 Å². The topological polar surface area (TPSA) is 7.65 Å². The van der Waals surface area contributed by atoms with E-state index in [1.54, 1.807) is 0 Å². The maximum atomic E-state index is 2.46. The highest BCUT2D eigenvalue weighted by Crippen LogP contribution is 2.45. The Bertz CT molecular complexity index is 2400. The third-order valence-electron chi connectivity index (χ3n) is 8.93. The standard InChI is InChI=1S/C42H28N2/c1-3-14-30(15-4-1)43(31-16-5-2-6-17-31)39-24-11-9-20-34(39)33-19-8-7-18-32(33)29-26-27-36-38-23-13-22-37-35-21-10-12-25-40(35)44(42(37)38)41(36)28-29/h1-28H. The minimum Gasteiger partial charge on any atom is -0.310 e. The predicted octanol–water partition coefficient (Wildman–Crippen LogP) is 11.6. The van der Waals surface area contributed by atoms with Gasteiger partial charge in [0.15, 0.2) is 0 Å². The van der Waals surface area contributed by atoms with Gasteiger partial charge in [-0.3, -0.25) is 0 Å². The van der Waals surface area contributed by atoms with Crippen LogP contribution in [0.15, 0.2) is 170 Å². The quantitative estimate of drug-likeness (QED) is 0.203. The van der Waals surface area contributed by atoms with Gasteiger partial charge in [0.2, 0.25) is 0 Å². The highest BCUT2D eigenvalue weighted by molar-refractivity contribution is 6.23. The first-order valence-corrected chi connectivity index (χ1v) is 15.1. The lowest BCUT2D eigenvalue weighted by atomic mass is 9.92. The molecule has 9 rings (SSSR count). The average Bonchev–Trinajstić information content (AvgIpc) is 3.62. The Morgan fingerprint density at radius 2 is 0.909 bits per heavy atom. The molecule has 2 heteroatoms. The van der Waals surface area contributed by atoms with Crippen LogP contribution in [0.5, 0.6) is 0 Å². The Hall–Kier alpha value is -5.86. The SMILES string of the molecule is c1ccc(N(c2ccccc2)c2ccccc2-c2ccccc2-c2ccc3c4cccc5c6ccccc6n(c3c2)c54)cc1. The number of nitrogens with zero attached hydrogens (tertiary/aromatic N) is 2. The smallest absolute Gasteiger partial charge is 0.0620 e. The van der Waals surface area contributed by atoms with Crippen molar-refractivity contribution in [3.63, 3.8) is 0 Å². The van der Waals surface area contributed by atoms with Crippen LogP contribution in [0.25, 0.3) is 60.3 Å². The number of rotatable bonds is 5. The lowest BCUT2D eigenvalue weighted by Crippen LogP contribution is -2.11. The summed E-state index contributed by atoms with van der Waals surface area (Å²) in [5.74, 6) is 0. The first kappa shape index (κ1) is 24.7. The molecule has 0 fully saturated rings. The Morgan fingerprint density at radius 3 is 1.64 bits per heavy atom. The van der Waals surface area contributed by atoms with Crippen LogP contribution in [0.3, 0.4) is 0 Å². The Balaban J connectivity index is 1.28. The lowest BCUT2D eigenvalue weighted by molar-refractivity contribution is 1.28. The second-order valence-electron chi connectivity index (χ2n) is 11.4. The van der Waals surface area contributed by atoms with E-state index in [2.05, 4.69) is 179 Å². The Labute approximate surface area is 256 Å². The minimum atomic E-state index is 1.13. The molecule has 2 heterocycles. The van der Waals surface area contributed by atoms with Crippen LogP contribution in [0.2, 0.25) is 0 Å². The fraction of sp³-hybridized carbons (Fsp3) is 0. The second-order valence-corrected chi connectivity index (χ2v) is 11.4. The van der Waals surface area contributed by atoms with Gasteiger partial charge in [-0.2, -0.15) is 0 Å². The van der Waals surface area contributed by atoms with Crippen LogP contribution in [-0.4, -0.2) is 4.40 Å². The van der Waals surface area contributed by atoms with E-state index in [1.165, 1.54) is 60.3 Å². The van der Waals surface area contributed by atoms with Crippen LogP contribution in [-0.2, 0) is 0 Å². The van der Waals surface area contributed by atoms with Crippen molar-refractivity contribution in [1.82, 2.24) is 4.40 Å². The van der Waals surface area contributed by atoms with Crippen LogP contribution in [0, 0.1) is 0 Å². The number of benzene rings is 7. The third kappa shape index (κ3) is 3.68. The van der Waals surface area contributed by atoms with Gasteiger partial charge in [-0.1, -0.05) is 127 Å². The van der Waals surface area contributed by atoms with E-state index in [1.807, 2.05) is 0 Å². The summed E-state index contributed by atoms with van der Waals surface area (Å²) < 4.78 is 2.46. The van der Waals surface area contributed by atoms with E-state index in [0.29, 0.717) is 0 Å². The van der Waals surface area contributed by atoms with Crippen molar-refractivity contribution in [2.24, 2.45) is 0 Å². The molecule has 0 spiro atoms. The monoisotopic (exact) mass is 560 g/mol. The summed E-state index contributed by atoms with van der Waals surface area (Å²) in [5.41, 5.74) is 12.0. The van der Waals surface area contributed by atoms with Crippen LogP contribution >= 0.6 is 0 Å². The zero-order valence-electron chi connectivity index (χ0n) is 24.1. The summed E-state index contributed by atoms with van der Waals surface area (Å²) >= 11 is 0. The molecule has 0 amide bonds. The number of hydrogen-bond donors (Lipinski definition) is 0. The minimum absolute atomic E-state index is 1.13. The van der Waals surface area contributed by atoms with Gasteiger partial charge in [-0.25, -0.2) is 0 Å². The summed E-state index contributed by atoms with van der Waals surface area (Å²) in [5, 5.41) is 5.21. The van der Waals surface area contributed by atoms with Crippen molar-refractivity contribution < 1.29 is 0 Å². The molecule has 7 aromatic carbocycles. The highest BCUT2D eigenvalue weighted by Gasteiger charge is 2.20. The molecular weight excluding hydrogens is 532 g/mol. The number of aromatic nitrogens is 1. The normalized spacial score (nSPS) is 11.6. The third-order valence-corrected chi connectivity index (χ3v) is 8.93. The van der Waals surface area contributed by atoms with Gasteiger partial charge in [0, 0.05) is 38.5 Å². The van der Waals surface area contributed by atoms with Crippen LogP contribution < -0.4 is 4.90 Å². The van der Waals surface area contributed by atoms with Crippen LogP contribution in [0.4, 0.5) is 17.1 Å². The van der Waals surface area contributed by atoms with Crippen molar-refractivity contribution in [1.29, 1.82) is 0 Å². The first-order valence-electron chi connectivity index (χ1n) is 15.1. The molecule has 0 N–H and O–H groups in total. The van der Waals surface area contributed by atoms with E-state index in [9.17, 15) is 0 Å². The van der Waals surface area contributed by atoms with Gasteiger partial charge < -0.3 is 9.30 Å². The lowest BCUT2D eigenvalue weighted by Gasteiger charge is -2.28. The van der Waals surface area contributed by atoms with Crippen molar-refractivity contribution in [3.8, 4) is 22.3 Å². The molecule has 44 heavy (non-hydrogen) atoms. The molecule has 0 unspecified atom stereocenters. The maximum Gasteiger partial charge on any atom is 0.0620 e.